The van der Waals surface area contributed by atoms with Gasteiger partial charge in [0.2, 0.25) is 0 Å². The van der Waals surface area contributed by atoms with Crippen LogP contribution < -0.4 is 15.0 Å². The summed E-state index contributed by atoms with van der Waals surface area (Å²) in [5.41, 5.74) is 2.51. The summed E-state index contributed by atoms with van der Waals surface area (Å²) in [6.45, 7) is 3.95. The first-order valence-corrected chi connectivity index (χ1v) is 8.00. The lowest BCUT2D eigenvalue weighted by atomic mass is 10.0. The number of amides is 1. The molecule has 0 saturated heterocycles. The predicted octanol–water partition coefficient (Wildman–Crippen LogP) is 3.74. The number of benzene rings is 1. The Morgan fingerprint density at radius 3 is 3.00 bits per heavy atom. The number of aryl methyl sites for hydroxylation is 1. The SMILES string of the molecule is CCCCCCNC(=O)Oc1ccc2c(c1)CCCN2C. The largest absolute Gasteiger partial charge is 0.412 e. The predicted molar refractivity (Wildman–Crippen MR) is 86.2 cm³/mol. The van der Waals surface area contributed by atoms with E-state index >= 15 is 0 Å². The van der Waals surface area contributed by atoms with Crippen molar-refractivity contribution in [3.63, 3.8) is 0 Å². The monoisotopic (exact) mass is 290 g/mol. The average Bonchev–Trinajstić information content (AvgIpc) is 2.47. The minimum Gasteiger partial charge on any atom is -0.410 e. The smallest absolute Gasteiger partial charge is 0.410 e. The number of hydrogen-bond donors (Lipinski definition) is 1. The molecule has 0 unspecified atom stereocenters. The van der Waals surface area contributed by atoms with Gasteiger partial charge in [-0.15, -0.1) is 0 Å². The van der Waals surface area contributed by atoms with Crippen LogP contribution in [0.25, 0.3) is 0 Å². The summed E-state index contributed by atoms with van der Waals surface area (Å²) < 4.78 is 5.35. The first-order valence-electron chi connectivity index (χ1n) is 8.00. The standard InChI is InChI=1S/C17H26N2O2/c1-3-4-5-6-11-18-17(20)21-15-9-10-16-14(13-15)8-7-12-19(16)2/h9-10,13H,3-8,11-12H2,1-2H3,(H,18,20). The number of ether oxygens (including phenoxy) is 1. The van der Waals surface area contributed by atoms with Crippen molar-refractivity contribution in [2.24, 2.45) is 0 Å². The molecule has 21 heavy (non-hydrogen) atoms. The van der Waals surface area contributed by atoms with Gasteiger partial charge < -0.3 is 15.0 Å². The number of carbonyl (C=O) groups is 1. The Bertz CT molecular complexity index is 474. The number of unbranched alkanes of at least 4 members (excludes halogenated alkanes) is 3. The van der Waals surface area contributed by atoms with Crippen LogP contribution in [0.3, 0.4) is 0 Å². The van der Waals surface area contributed by atoms with E-state index in [0.717, 1.165) is 32.2 Å². The van der Waals surface area contributed by atoms with Gasteiger partial charge in [-0.05, 0) is 43.0 Å². The average molecular weight is 290 g/mol. The van der Waals surface area contributed by atoms with Crippen LogP contribution in [0.5, 0.6) is 5.75 Å². The number of fused-ring (bicyclic) bond motifs is 1. The van der Waals surface area contributed by atoms with Crippen molar-refractivity contribution in [1.29, 1.82) is 0 Å². The molecule has 116 valence electrons. The summed E-state index contributed by atoms with van der Waals surface area (Å²) >= 11 is 0. The Labute approximate surface area is 127 Å². The van der Waals surface area contributed by atoms with Gasteiger partial charge >= 0.3 is 6.09 Å². The molecule has 0 atom stereocenters. The van der Waals surface area contributed by atoms with Gasteiger partial charge in [0.25, 0.3) is 0 Å². The lowest BCUT2D eigenvalue weighted by Gasteiger charge is -2.27. The van der Waals surface area contributed by atoms with Crippen LogP contribution in [-0.4, -0.2) is 26.2 Å². The Hall–Kier alpha value is -1.71. The van der Waals surface area contributed by atoms with E-state index in [9.17, 15) is 4.79 Å². The van der Waals surface area contributed by atoms with Crippen LogP contribution >= 0.6 is 0 Å². The first kappa shape index (κ1) is 15.7. The normalized spacial score (nSPS) is 13.7. The number of carbonyl (C=O) groups excluding carboxylic acids is 1. The second-order valence-electron chi connectivity index (χ2n) is 5.69. The summed E-state index contributed by atoms with van der Waals surface area (Å²) in [7, 11) is 2.10. The van der Waals surface area contributed by atoms with E-state index < -0.39 is 0 Å². The quantitative estimate of drug-likeness (QED) is 0.812. The molecule has 1 N–H and O–H groups in total. The second-order valence-corrected chi connectivity index (χ2v) is 5.69. The van der Waals surface area contributed by atoms with Crippen molar-refractivity contribution in [2.75, 3.05) is 25.0 Å². The van der Waals surface area contributed by atoms with E-state index in [1.165, 1.54) is 24.1 Å². The maximum Gasteiger partial charge on any atom is 0.412 e. The van der Waals surface area contributed by atoms with Crippen molar-refractivity contribution in [2.45, 2.75) is 45.4 Å². The molecule has 0 saturated carbocycles. The van der Waals surface area contributed by atoms with Crippen LogP contribution in [0.15, 0.2) is 18.2 Å². The molecule has 0 aromatic heterocycles. The molecule has 0 fully saturated rings. The van der Waals surface area contributed by atoms with Crippen LogP contribution in [-0.2, 0) is 6.42 Å². The third kappa shape index (κ3) is 4.66. The van der Waals surface area contributed by atoms with Gasteiger partial charge in [-0.1, -0.05) is 26.2 Å². The summed E-state index contributed by atoms with van der Waals surface area (Å²) in [6, 6.07) is 5.90. The van der Waals surface area contributed by atoms with Gasteiger partial charge in [0.05, 0.1) is 0 Å². The molecule has 0 radical (unpaired) electrons. The Morgan fingerprint density at radius 2 is 2.19 bits per heavy atom. The molecule has 1 aromatic carbocycles. The molecule has 1 amide bonds. The molecular weight excluding hydrogens is 264 g/mol. The number of hydrogen-bond acceptors (Lipinski definition) is 3. The molecule has 1 aliphatic heterocycles. The fraction of sp³-hybridized carbons (Fsp3) is 0.588. The third-order valence-electron chi connectivity index (χ3n) is 3.91. The second kappa shape index (κ2) is 7.91. The van der Waals surface area contributed by atoms with Gasteiger partial charge in [-0.25, -0.2) is 4.79 Å². The maximum atomic E-state index is 11.7. The highest BCUT2D eigenvalue weighted by atomic mass is 16.6. The zero-order valence-corrected chi connectivity index (χ0v) is 13.2. The van der Waals surface area contributed by atoms with E-state index in [0.29, 0.717) is 12.3 Å². The highest BCUT2D eigenvalue weighted by Crippen LogP contribution is 2.29. The molecule has 0 aliphatic carbocycles. The van der Waals surface area contributed by atoms with Crippen molar-refractivity contribution in [1.82, 2.24) is 5.32 Å². The fourth-order valence-corrected chi connectivity index (χ4v) is 2.71. The van der Waals surface area contributed by atoms with Crippen molar-refractivity contribution < 1.29 is 9.53 Å². The van der Waals surface area contributed by atoms with Crippen molar-refractivity contribution >= 4 is 11.8 Å². The van der Waals surface area contributed by atoms with E-state index in [4.69, 9.17) is 4.74 Å². The number of nitrogens with zero attached hydrogens (tertiary/aromatic N) is 1. The Morgan fingerprint density at radius 1 is 1.33 bits per heavy atom. The number of nitrogens with one attached hydrogen (secondary N) is 1. The number of anilines is 1. The van der Waals surface area contributed by atoms with Gasteiger partial charge in [0.15, 0.2) is 0 Å². The lowest BCUT2D eigenvalue weighted by molar-refractivity contribution is 0.200. The van der Waals surface area contributed by atoms with Gasteiger partial charge in [0, 0.05) is 25.8 Å². The first-order chi connectivity index (χ1) is 10.2. The summed E-state index contributed by atoms with van der Waals surface area (Å²) in [6.07, 6.45) is 6.44. The summed E-state index contributed by atoms with van der Waals surface area (Å²) in [4.78, 5) is 14.0. The van der Waals surface area contributed by atoms with Gasteiger partial charge in [-0.2, -0.15) is 0 Å². The Kier molecular flexibility index (Phi) is 5.90. The van der Waals surface area contributed by atoms with E-state index in [2.05, 4.69) is 24.2 Å². The van der Waals surface area contributed by atoms with Crippen molar-refractivity contribution in [3.05, 3.63) is 23.8 Å². The molecule has 4 heteroatoms. The van der Waals surface area contributed by atoms with Crippen LogP contribution in [0.1, 0.15) is 44.6 Å². The molecular formula is C17H26N2O2. The summed E-state index contributed by atoms with van der Waals surface area (Å²) in [5, 5.41) is 2.81. The van der Waals surface area contributed by atoms with Crippen molar-refractivity contribution in [3.8, 4) is 5.75 Å². The minimum atomic E-state index is -0.351. The lowest BCUT2D eigenvalue weighted by Crippen LogP contribution is -2.28. The zero-order chi connectivity index (χ0) is 15.1. The Balaban J connectivity index is 1.81. The van der Waals surface area contributed by atoms with Crippen LogP contribution in [0, 0.1) is 0 Å². The topological polar surface area (TPSA) is 41.6 Å². The molecule has 0 bridgehead atoms. The third-order valence-corrected chi connectivity index (χ3v) is 3.91. The van der Waals surface area contributed by atoms with E-state index in [1.54, 1.807) is 0 Å². The number of rotatable bonds is 6. The summed E-state index contributed by atoms with van der Waals surface area (Å²) in [5.74, 6) is 0.634. The molecule has 2 rings (SSSR count). The molecule has 1 heterocycles. The highest BCUT2D eigenvalue weighted by molar-refractivity contribution is 5.71. The molecule has 1 aliphatic rings. The minimum absolute atomic E-state index is 0.351. The van der Waals surface area contributed by atoms with Gasteiger partial charge in [0.1, 0.15) is 5.75 Å². The fourth-order valence-electron chi connectivity index (χ4n) is 2.71. The molecule has 1 aromatic rings. The molecule has 0 spiro atoms. The van der Waals surface area contributed by atoms with Gasteiger partial charge in [-0.3, -0.25) is 0 Å². The van der Waals surface area contributed by atoms with Crippen LogP contribution in [0.2, 0.25) is 0 Å². The van der Waals surface area contributed by atoms with Crippen LogP contribution in [0.4, 0.5) is 10.5 Å². The van der Waals surface area contributed by atoms with E-state index in [-0.39, 0.29) is 6.09 Å². The highest BCUT2D eigenvalue weighted by Gasteiger charge is 2.14. The maximum absolute atomic E-state index is 11.7. The zero-order valence-electron chi connectivity index (χ0n) is 13.2. The molecule has 4 nitrogen and oxygen atoms in total. The van der Waals surface area contributed by atoms with E-state index in [1.807, 2.05) is 18.2 Å².